The molecule has 0 aliphatic heterocycles. The number of esters is 1. The van der Waals surface area contributed by atoms with Crippen molar-refractivity contribution in [2.75, 3.05) is 0 Å². The summed E-state index contributed by atoms with van der Waals surface area (Å²) in [7, 11) is 0. The van der Waals surface area contributed by atoms with Gasteiger partial charge in [0.25, 0.3) is 0 Å². The molecule has 7 nitrogen and oxygen atoms in total. The quantitative estimate of drug-likeness (QED) is 0.187. The van der Waals surface area contributed by atoms with Gasteiger partial charge in [-0.3, -0.25) is 24.2 Å². The molecule has 6 rings (SSSR count). The van der Waals surface area contributed by atoms with E-state index in [1.54, 1.807) is 26.1 Å². The third kappa shape index (κ3) is 6.54. The second-order valence-electron chi connectivity index (χ2n) is 20.4. The van der Waals surface area contributed by atoms with Gasteiger partial charge >= 0.3 is 11.9 Å². The van der Waals surface area contributed by atoms with E-state index >= 15 is 0 Å². The van der Waals surface area contributed by atoms with Gasteiger partial charge in [-0.2, -0.15) is 0 Å². The maximum atomic E-state index is 14.0. The predicted octanol–water partition coefficient (Wildman–Crippen LogP) is 10.7. The first kappa shape index (κ1) is 40.9. The summed E-state index contributed by atoms with van der Waals surface area (Å²) in [6.45, 7) is 21.6. The first-order valence-corrected chi connectivity index (χ1v) is 20.9. The van der Waals surface area contributed by atoms with Gasteiger partial charge in [-0.1, -0.05) is 73.1 Å². The molecule has 5 aliphatic rings. The van der Waals surface area contributed by atoms with E-state index in [9.17, 15) is 24.3 Å². The standard InChI is InChI=1S/C46H64ClNO6/c1-27(2)38-33(50)24-46(20-15-30(49)23-28(3)32-13-11-29(47)26-48-32)22-21-44(9)31(39(38)46)12-14-35-43(8)18-17-36(54-37(51)25-41(4,5)40(52)53)42(6,7)34(43)16-19-45(35,44)10/h11,13,15,20,26-28,31,34-36H,12,14,16-19,21-25H2,1-10H3,(H,52,53)/b20-15+/t28-,31+,34-,35+,36-,43-,44+,45+,46-/m0/s1. The number of aromatic nitrogens is 1. The van der Waals surface area contributed by atoms with Gasteiger partial charge in [0.05, 0.1) is 16.9 Å². The molecule has 0 aromatic carbocycles. The molecule has 0 bridgehead atoms. The number of aliphatic carboxylic acids is 1. The van der Waals surface area contributed by atoms with E-state index < -0.39 is 22.8 Å². The molecular weight excluding hydrogens is 698 g/mol. The van der Waals surface area contributed by atoms with Crippen LogP contribution in [0.1, 0.15) is 151 Å². The molecule has 0 amide bonds. The molecule has 1 aromatic rings. The minimum absolute atomic E-state index is 0.00399. The minimum Gasteiger partial charge on any atom is -0.481 e. The predicted molar refractivity (Wildman–Crippen MR) is 212 cm³/mol. The zero-order valence-electron chi connectivity index (χ0n) is 34.4. The van der Waals surface area contributed by atoms with E-state index in [1.807, 2.05) is 19.1 Å². The highest BCUT2D eigenvalue weighted by atomic mass is 35.5. The number of carboxylic acid groups (broad SMARTS) is 1. The van der Waals surface area contributed by atoms with E-state index in [2.05, 4.69) is 59.5 Å². The summed E-state index contributed by atoms with van der Waals surface area (Å²) in [6.07, 6.45) is 13.8. The summed E-state index contributed by atoms with van der Waals surface area (Å²) in [5, 5.41) is 10.2. The molecule has 0 spiro atoms. The lowest BCUT2D eigenvalue weighted by molar-refractivity contribution is -0.232. The molecule has 5 aliphatic carbocycles. The average molecular weight is 762 g/mol. The van der Waals surface area contributed by atoms with E-state index in [-0.39, 0.29) is 63.5 Å². The number of fused-ring (bicyclic) bond motifs is 7. The summed E-state index contributed by atoms with van der Waals surface area (Å²) >= 11 is 6.05. The van der Waals surface area contributed by atoms with Crippen molar-refractivity contribution in [1.29, 1.82) is 0 Å². The van der Waals surface area contributed by atoms with Gasteiger partial charge < -0.3 is 9.84 Å². The minimum atomic E-state index is -1.17. The zero-order chi connectivity index (χ0) is 39.8. The summed E-state index contributed by atoms with van der Waals surface area (Å²) in [5.74, 6) is 0.0985. The number of rotatable bonds is 10. The van der Waals surface area contributed by atoms with Crippen LogP contribution in [0.3, 0.4) is 0 Å². The molecule has 0 unspecified atom stereocenters. The Labute approximate surface area is 328 Å². The number of hydrogen-bond donors (Lipinski definition) is 1. The summed E-state index contributed by atoms with van der Waals surface area (Å²) in [6, 6.07) is 3.69. The number of halogens is 1. The normalized spacial score (nSPS) is 36.6. The van der Waals surface area contributed by atoms with E-state index in [1.165, 1.54) is 5.57 Å². The van der Waals surface area contributed by atoms with Crippen LogP contribution < -0.4 is 0 Å². The van der Waals surface area contributed by atoms with Crippen LogP contribution in [0.2, 0.25) is 5.02 Å². The third-order valence-electron chi connectivity index (χ3n) is 16.2. The van der Waals surface area contributed by atoms with Crippen molar-refractivity contribution in [2.45, 2.75) is 152 Å². The molecule has 54 heavy (non-hydrogen) atoms. The van der Waals surface area contributed by atoms with Crippen molar-refractivity contribution < 1.29 is 29.0 Å². The lowest BCUT2D eigenvalue weighted by Gasteiger charge is -2.72. The number of ketones is 2. The maximum absolute atomic E-state index is 14.0. The van der Waals surface area contributed by atoms with Crippen LogP contribution in [0.15, 0.2) is 41.6 Å². The Morgan fingerprint density at radius 2 is 1.67 bits per heavy atom. The Balaban J connectivity index is 1.26. The van der Waals surface area contributed by atoms with Crippen LogP contribution in [0.25, 0.3) is 0 Å². The van der Waals surface area contributed by atoms with Crippen LogP contribution in [0.5, 0.6) is 0 Å². The molecule has 0 radical (unpaired) electrons. The van der Waals surface area contributed by atoms with Crippen molar-refractivity contribution in [3.8, 4) is 0 Å². The maximum Gasteiger partial charge on any atom is 0.309 e. The fourth-order valence-electron chi connectivity index (χ4n) is 13.1. The third-order valence-corrected chi connectivity index (χ3v) is 16.4. The first-order valence-electron chi connectivity index (χ1n) is 20.6. The van der Waals surface area contributed by atoms with Gasteiger partial charge in [-0.15, -0.1) is 0 Å². The lowest BCUT2D eigenvalue weighted by atomic mass is 9.33. The lowest BCUT2D eigenvalue weighted by Crippen LogP contribution is -2.65. The molecule has 296 valence electrons. The van der Waals surface area contributed by atoms with E-state index in [0.29, 0.717) is 29.7 Å². The van der Waals surface area contributed by atoms with Gasteiger partial charge in [-0.05, 0) is 134 Å². The van der Waals surface area contributed by atoms with Crippen molar-refractivity contribution >= 4 is 35.1 Å². The molecule has 1 N–H and O–H groups in total. The number of ether oxygens (including phenoxy) is 1. The van der Waals surface area contributed by atoms with Crippen molar-refractivity contribution in [1.82, 2.24) is 4.98 Å². The molecule has 9 atom stereocenters. The average Bonchev–Trinajstić information content (AvgIpc) is 3.37. The van der Waals surface area contributed by atoms with Crippen LogP contribution in [-0.4, -0.2) is 39.7 Å². The fraction of sp³-hybridized carbons (Fsp3) is 0.717. The highest BCUT2D eigenvalue weighted by Crippen LogP contribution is 2.77. The van der Waals surface area contributed by atoms with E-state index in [4.69, 9.17) is 16.3 Å². The molecule has 0 saturated heterocycles. The highest BCUT2D eigenvalue weighted by molar-refractivity contribution is 6.30. The van der Waals surface area contributed by atoms with Gasteiger partial charge in [0.1, 0.15) is 6.10 Å². The number of hydrogen-bond acceptors (Lipinski definition) is 6. The Morgan fingerprint density at radius 1 is 0.963 bits per heavy atom. The topological polar surface area (TPSA) is 111 Å². The number of carbonyl (C=O) groups is 4. The molecule has 8 heteroatoms. The second kappa shape index (κ2) is 14.0. The van der Waals surface area contributed by atoms with E-state index in [0.717, 1.165) is 62.6 Å². The number of allylic oxidation sites excluding steroid dienone is 4. The largest absolute Gasteiger partial charge is 0.481 e. The van der Waals surface area contributed by atoms with Crippen LogP contribution in [-0.2, 0) is 23.9 Å². The van der Waals surface area contributed by atoms with Crippen LogP contribution >= 0.6 is 11.6 Å². The monoisotopic (exact) mass is 761 g/mol. The highest BCUT2D eigenvalue weighted by Gasteiger charge is 2.70. The summed E-state index contributed by atoms with van der Waals surface area (Å²) in [5.41, 5.74) is 1.47. The summed E-state index contributed by atoms with van der Waals surface area (Å²) in [4.78, 5) is 56.8. The summed E-state index contributed by atoms with van der Waals surface area (Å²) < 4.78 is 6.17. The van der Waals surface area contributed by atoms with Gasteiger partial charge in [-0.25, -0.2) is 0 Å². The second-order valence-corrected chi connectivity index (χ2v) is 20.8. The number of nitrogens with zero attached hydrogens (tertiary/aromatic N) is 1. The zero-order valence-corrected chi connectivity index (χ0v) is 35.2. The van der Waals surface area contributed by atoms with Crippen molar-refractivity contribution in [3.63, 3.8) is 0 Å². The Bertz CT molecular complexity index is 1760. The smallest absolute Gasteiger partial charge is 0.309 e. The van der Waals surface area contributed by atoms with Gasteiger partial charge in [0.15, 0.2) is 11.6 Å². The molecular formula is C46H64ClNO6. The molecule has 4 saturated carbocycles. The first-order chi connectivity index (χ1) is 25.0. The number of carboxylic acids is 1. The van der Waals surface area contributed by atoms with Crippen molar-refractivity contribution in [3.05, 3.63) is 52.3 Å². The fourth-order valence-corrected chi connectivity index (χ4v) is 13.2. The van der Waals surface area contributed by atoms with Gasteiger partial charge in [0, 0.05) is 41.5 Å². The number of pyridine rings is 1. The molecule has 4 fully saturated rings. The van der Waals surface area contributed by atoms with Crippen LogP contribution in [0.4, 0.5) is 0 Å². The molecule has 1 heterocycles. The number of carbonyl (C=O) groups excluding carboxylic acids is 3. The number of Topliss-reactive ketones (excluding diaryl/α,β-unsaturated/α-hetero) is 1. The Kier molecular flexibility index (Phi) is 10.6. The Morgan fingerprint density at radius 3 is 2.30 bits per heavy atom. The SMILES string of the molecule is CC(C)C1=C2[C@H]3CC[C@@H]4[C@@]5(C)CC[C@H](OC(=O)CC(C)(C)C(=O)O)C(C)(C)[C@@H]5CC[C@@]4(C)[C@]3(C)CC[C@@]2(/C=C/C(=O)C[C@H](C)c2ccc(Cl)cn2)CC1=O. The molecule has 1 aromatic heterocycles. The van der Waals surface area contributed by atoms with Crippen molar-refractivity contribution in [2.24, 2.45) is 56.2 Å². The van der Waals surface area contributed by atoms with Gasteiger partial charge in [0.2, 0.25) is 0 Å². The Hall–Kier alpha value is -2.80. The van der Waals surface area contributed by atoms with Crippen LogP contribution in [0, 0.1) is 56.2 Å².